The first-order valence-corrected chi connectivity index (χ1v) is 9.89. The average molecular weight is 385 g/mol. The van der Waals surface area contributed by atoms with Gasteiger partial charge in [0.25, 0.3) is 5.91 Å². The van der Waals surface area contributed by atoms with Crippen LogP contribution in [0, 0.1) is 0 Å². The molecular formula is C24H23N3O2. The molecule has 5 heteroatoms. The molecule has 0 unspecified atom stereocenters. The van der Waals surface area contributed by atoms with Gasteiger partial charge >= 0.3 is 0 Å². The zero-order chi connectivity index (χ0) is 19.8. The van der Waals surface area contributed by atoms with Gasteiger partial charge in [-0.3, -0.25) is 9.80 Å². The molecule has 1 N–H and O–H groups in total. The highest BCUT2D eigenvalue weighted by atomic mass is 16.5. The van der Waals surface area contributed by atoms with Gasteiger partial charge in [0, 0.05) is 7.05 Å². The van der Waals surface area contributed by atoms with Gasteiger partial charge < -0.3 is 10.1 Å². The number of hydrazine groups is 1. The van der Waals surface area contributed by atoms with Gasteiger partial charge in [-0.1, -0.05) is 72.8 Å². The molecule has 29 heavy (non-hydrogen) atoms. The Hall–Kier alpha value is -3.15. The van der Waals surface area contributed by atoms with Crippen molar-refractivity contribution in [2.75, 3.05) is 12.4 Å². The molecule has 5 nitrogen and oxygen atoms in total. The van der Waals surface area contributed by atoms with Crippen molar-refractivity contribution in [3.63, 3.8) is 0 Å². The first-order chi connectivity index (χ1) is 14.2. The fraction of sp³-hybridized carbons (Fsp3) is 0.208. The lowest BCUT2D eigenvalue weighted by Gasteiger charge is -2.47. The van der Waals surface area contributed by atoms with Crippen molar-refractivity contribution in [3.05, 3.63) is 102 Å². The maximum atomic E-state index is 13.2. The van der Waals surface area contributed by atoms with E-state index in [-0.39, 0.29) is 18.1 Å². The number of carbonyl (C=O) groups is 1. The van der Waals surface area contributed by atoms with E-state index in [0.29, 0.717) is 5.56 Å². The summed E-state index contributed by atoms with van der Waals surface area (Å²) in [6, 6.07) is 28.2. The number of benzene rings is 3. The van der Waals surface area contributed by atoms with Crippen LogP contribution in [0.5, 0.6) is 0 Å². The zero-order valence-electron chi connectivity index (χ0n) is 16.2. The van der Waals surface area contributed by atoms with Crippen LogP contribution in [-0.2, 0) is 4.74 Å². The summed E-state index contributed by atoms with van der Waals surface area (Å²) in [6.07, 6.45) is 0.209. The molecule has 146 valence electrons. The van der Waals surface area contributed by atoms with Crippen LogP contribution >= 0.6 is 0 Å². The number of anilines is 1. The molecule has 0 aliphatic carbocycles. The number of hydrogen-bond acceptors (Lipinski definition) is 4. The van der Waals surface area contributed by atoms with Crippen LogP contribution in [0.2, 0.25) is 0 Å². The van der Waals surface area contributed by atoms with Crippen LogP contribution < -0.4 is 5.32 Å². The van der Waals surface area contributed by atoms with E-state index in [4.69, 9.17) is 4.74 Å². The average Bonchev–Trinajstić information content (AvgIpc) is 2.89. The van der Waals surface area contributed by atoms with Crippen LogP contribution in [-0.4, -0.2) is 29.3 Å². The summed E-state index contributed by atoms with van der Waals surface area (Å²) in [6.45, 7) is 0. The molecule has 2 aliphatic rings. The van der Waals surface area contributed by atoms with Gasteiger partial charge in [0.1, 0.15) is 0 Å². The number of fused-ring (bicyclic) bond motifs is 2. The third kappa shape index (κ3) is 3.18. The normalized spacial score (nSPS) is 24.2. The second-order valence-electron chi connectivity index (χ2n) is 7.45. The molecule has 3 atom stereocenters. The Kier molecular flexibility index (Phi) is 4.54. The maximum absolute atomic E-state index is 13.2. The molecule has 1 amide bonds. The molecular weight excluding hydrogens is 362 g/mol. The second kappa shape index (κ2) is 7.35. The summed E-state index contributed by atoms with van der Waals surface area (Å²) in [5.41, 5.74) is 3.74. The van der Waals surface area contributed by atoms with E-state index in [1.807, 2.05) is 72.7 Å². The SMILES string of the molecule is CN1C(=O)c2ccccc2N[C@H]2O[C@@H](c3ccccc3)C[C@@H](c3ccccc3)N21. The lowest BCUT2D eigenvalue weighted by atomic mass is 9.94. The number of carbonyl (C=O) groups excluding carboxylic acids is 1. The number of para-hydroxylation sites is 1. The molecule has 0 aromatic heterocycles. The number of ether oxygens (including phenoxy) is 1. The van der Waals surface area contributed by atoms with Crippen molar-refractivity contribution in [1.82, 2.24) is 10.0 Å². The van der Waals surface area contributed by atoms with Gasteiger partial charge in [0.05, 0.1) is 23.4 Å². The van der Waals surface area contributed by atoms with Crippen LogP contribution in [0.25, 0.3) is 0 Å². The quantitative estimate of drug-likeness (QED) is 0.701. The van der Waals surface area contributed by atoms with Gasteiger partial charge in [-0.05, 0) is 29.7 Å². The highest BCUT2D eigenvalue weighted by Crippen LogP contribution is 2.43. The fourth-order valence-electron chi connectivity index (χ4n) is 4.27. The van der Waals surface area contributed by atoms with E-state index in [1.54, 1.807) is 5.01 Å². The lowest BCUT2D eigenvalue weighted by molar-refractivity contribution is -0.214. The van der Waals surface area contributed by atoms with E-state index in [2.05, 4.69) is 29.6 Å². The molecule has 1 fully saturated rings. The molecule has 2 heterocycles. The molecule has 2 aliphatic heterocycles. The van der Waals surface area contributed by atoms with E-state index in [1.165, 1.54) is 0 Å². The number of hydrogen-bond donors (Lipinski definition) is 1. The van der Waals surface area contributed by atoms with Crippen molar-refractivity contribution < 1.29 is 9.53 Å². The van der Waals surface area contributed by atoms with Crippen LogP contribution in [0.3, 0.4) is 0 Å². The molecule has 0 radical (unpaired) electrons. The van der Waals surface area contributed by atoms with Gasteiger partial charge in [-0.15, -0.1) is 0 Å². The van der Waals surface area contributed by atoms with Crippen LogP contribution in [0.4, 0.5) is 5.69 Å². The molecule has 1 saturated heterocycles. The van der Waals surface area contributed by atoms with Gasteiger partial charge in [0.15, 0.2) is 0 Å². The van der Waals surface area contributed by atoms with E-state index in [9.17, 15) is 4.79 Å². The summed E-state index contributed by atoms with van der Waals surface area (Å²) < 4.78 is 6.50. The Morgan fingerprint density at radius 1 is 0.862 bits per heavy atom. The summed E-state index contributed by atoms with van der Waals surface area (Å²) >= 11 is 0. The van der Waals surface area contributed by atoms with E-state index < -0.39 is 6.35 Å². The summed E-state index contributed by atoms with van der Waals surface area (Å²) in [7, 11) is 1.82. The lowest BCUT2D eigenvalue weighted by Crippen LogP contribution is -2.56. The first-order valence-electron chi connectivity index (χ1n) is 9.89. The predicted octanol–water partition coefficient (Wildman–Crippen LogP) is 4.59. The summed E-state index contributed by atoms with van der Waals surface area (Å²) in [5, 5.41) is 7.18. The Labute approximate surface area is 170 Å². The third-order valence-corrected chi connectivity index (χ3v) is 5.72. The summed E-state index contributed by atoms with van der Waals surface area (Å²) in [4.78, 5) is 13.2. The Bertz CT molecular complexity index is 1010. The van der Waals surface area contributed by atoms with Crippen molar-refractivity contribution >= 4 is 11.6 Å². The summed E-state index contributed by atoms with van der Waals surface area (Å²) in [5.74, 6) is -0.0432. The molecule has 3 aromatic carbocycles. The van der Waals surface area contributed by atoms with Crippen molar-refractivity contribution in [2.45, 2.75) is 24.9 Å². The second-order valence-corrected chi connectivity index (χ2v) is 7.45. The van der Waals surface area contributed by atoms with Crippen LogP contribution in [0.1, 0.15) is 40.1 Å². The van der Waals surface area contributed by atoms with Crippen LogP contribution in [0.15, 0.2) is 84.9 Å². The number of amides is 1. The molecule has 3 aromatic rings. The third-order valence-electron chi connectivity index (χ3n) is 5.72. The van der Waals surface area contributed by atoms with Gasteiger partial charge in [-0.25, -0.2) is 0 Å². The van der Waals surface area contributed by atoms with E-state index >= 15 is 0 Å². The molecule has 0 bridgehead atoms. The van der Waals surface area contributed by atoms with Gasteiger partial charge in [0.2, 0.25) is 6.35 Å². The monoisotopic (exact) mass is 385 g/mol. The Morgan fingerprint density at radius 2 is 1.48 bits per heavy atom. The first kappa shape index (κ1) is 17.9. The fourth-order valence-corrected chi connectivity index (χ4v) is 4.27. The Balaban J connectivity index is 1.60. The number of rotatable bonds is 2. The number of nitrogens with zero attached hydrogens (tertiary/aromatic N) is 2. The van der Waals surface area contributed by atoms with Crippen molar-refractivity contribution in [2.24, 2.45) is 0 Å². The van der Waals surface area contributed by atoms with Crippen molar-refractivity contribution in [1.29, 1.82) is 0 Å². The largest absolute Gasteiger partial charge is 0.345 e. The predicted molar refractivity (Wildman–Crippen MR) is 112 cm³/mol. The zero-order valence-corrected chi connectivity index (χ0v) is 16.2. The number of nitrogens with one attached hydrogen (secondary N) is 1. The van der Waals surface area contributed by atoms with Crippen molar-refractivity contribution in [3.8, 4) is 0 Å². The molecule has 5 rings (SSSR count). The van der Waals surface area contributed by atoms with Gasteiger partial charge in [-0.2, -0.15) is 5.01 Å². The standard InChI is InChI=1S/C24H23N3O2/c1-26-23(28)19-14-8-9-15-20(19)25-24-27(26)21(17-10-4-2-5-11-17)16-22(29-24)18-12-6-3-7-13-18/h2-15,21-22,24-25H,16H2,1H3/t21-,22+,24+/m0/s1. The highest BCUT2D eigenvalue weighted by Gasteiger charge is 2.43. The topological polar surface area (TPSA) is 44.8 Å². The Morgan fingerprint density at radius 3 is 2.21 bits per heavy atom. The highest BCUT2D eigenvalue weighted by molar-refractivity contribution is 5.99. The minimum atomic E-state index is -0.461. The minimum absolute atomic E-state index is 0.00378. The smallest absolute Gasteiger partial charge is 0.270 e. The molecule has 0 spiro atoms. The van der Waals surface area contributed by atoms with E-state index in [0.717, 1.165) is 23.2 Å². The maximum Gasteiger partial charge on any atom is 0.270 e. The molecule has 0 saturated carbocycles. The minimum Gasteiger partial charge on any atom is -0.345 e.